The van der Waals surface area contributed by atoms with Crippen LogP contribution in [0.3, 0.4) is 0 Å². The van der Waals surface area contributed by atoms with Gasteiger partial charge in [-0.1, -0.05) is 40.2 Å². The second kappa shape index (κ2) is 5.80. The quantitative estimate of drug-likeness (QED) is 0.891. The van der Waals surface area contributed by atoms with E-state index < -0.39 is 17.7 Å². The van der Waals surface area contributed by atoms with Crippen LogP contribution in [0.25, 0.3) is 0 Å². The summed E-state index contributed by atoms with van der Waals surface area (Å²) in [7, 11) is 0. The van der Waals surface area contributed by atoms with Crippen molar-refractivity contribution >= 4 is 15.9 Å². The number of aliphatic hydroxyl groups excluding tert-OH is 1. The molecule has 1 unspecified atom stereocenters. The van der Waals surface area contributed by atoms with E-state index in [1.165, 1.54) is 0 Å². The Morgan fingerprint density at radius 1 is 1.16 bits per heavy atom. The molecule has 1 N–H and O–H groups in total. The first-order chi connectivity index (χ1) is 8.99. The second-order valence-electron chi connectivity index (χ2n) is 4.43. The summed E-state index contributed by atoms with van der Waals surface area (Å²) in [6, 6.07) is 9.76. The number of aryl methyl sites for hydroxylation is 1. The van der Waals surface area contributed by atoms with Gasteiger partial charge in [-0.25, -0.2) is 8.78 Å². The summed E-state index contributed by atoms with van der Waals surface area (Å²) in [5.41, 5.74) is 1.57. The number of aliphatic hydroxyl groups is 1. The third-order valence-corrected chi connectivity index (χ3v) is 3.51. The Morgan fingerprint density at radius 3 is 2.32 bits per heavy atom. The van der Waals surface area contributed by atoms with E-state index in [2.05, 4.69) is 15.9 Å². The molecule has 19 heavy (non-hydrogen) atoms. The molecule has 0 spiro atoms. The van der Waals surface area contributed by atoms with Crippen LogP contribution in [0, 0.1) is 18.6 Å². The molecule has 0 heterocycles. The van der Waals surface area contributed by atoms with Gasteiger partial charge in [0, 0.05) is 10.9 Å². The van der Waals surface area contributed by atoms with Gasteiger partial charge in [0.2, 0.25) is 0 Å². The van der Waals surface area contributed by atoms with Crippen LogP contribution in [0.1, 0.15) is 22.8 Å². The maximum absolute atomic E-state index is 13.7. The van der Waals surface area contributed by atoms with Crippen LogP contribution >= 0.6 is 15.9 Å². The molecular weight excluding hydrogens is 314 g/mol. The first kappa shape index (κ1) is 14.2. The van der Waals surface area contributed by atoms with Gasteiger partial charge in [-0.3, -0.25) is 0 Å². The highest BCUT2D eigenvalue weighted by Crippen LogP contribution is 2.27. The molecule has 1 nitrogen and oxygen atoms in total. The smallest absolute Gasteiger partial charge is 0.133 e. The van der Waals surface area contributed by atoms with Crippen molar-refractivity contribution in [3.63, 3.8) is 0 Å². The molecule has 1 atom stereocenters. The fourth-order valence-corrected chi connectivity index (χ4v) is 2.42. The molecule has 0 bridgehead atoms. The molecule has 0 fully saturated rings. The molecular formula is C15H13BrF2O. The van der Waals surface area contributed by atoms with Gasteiger partial charge >= 0.3 is 0 Å². The molecule has 0 aliphatic carbocycles. The van der Waals surface area contributed by atoms with E-state index in [-0.39, 0.29) is 12.0 Å². The van der Waals surface area contributed by atoms with E-state index in [9.17, 15) is 13.9 Å². The Morgan fingerprint density at radius 2 is 1.74 bits per heavy atom. The summed E-state index contributed by atoms with van der Waals surface area (Å²) in [4.78, 5) is 0. The van der Waals surface area contributed by atoms with Crippen molar-refractivity contribution in [2.45, 2.75) is 19.4 Å². The van der Waals surface area contributed by atoms with Gasteiger partial charge in [-0.05, 0) is 30.2 Å². The molecule has 100 valence electrons. The number of halogens is 3. The van der Waals surface area contributed by atoms with Crippen molar-refractivity contribution < 1.29 is 13.9 Å². The topological polar surface area (TPSA) is 20.2 Å². The van der Waals surface area contributed by atoms with Crippen LogP contribution in [-0.4, -0.2) is 5.11 Å². The van der Waals surface area contributed by atoms with Gasteiger partial charge in [0.15, 0.2) is 0 Å². The fraction of sp³-hybridized carbons (Fsp3) is 0.200. The molecule has 0 aliphatic heterocycles. The summed E-state index contributed by atoms with van der Waals surface area (Å²) in [6.07, 6.45) is -1.02. The van der Waals surface area contributed by atoms with E-state index in [1.807, 2.05) is 31.2 Å². The summed E-state index contributed by atoms with van der Waals surface area (Å²) < 4.78 is 27.8. The normalized spacial score (nSPS) is 12.5. The zero-order valence-electron chi connectivity index (χ0n) is 10.3. The number of benzene rings is 2. The van der Waals surface area contributed by atoms with Crippen LogP contribution in [-0.2, 0) is 6.42 Å². The Bertz CT molecular complexity index is 575. The van der Waals surface area contributed by atoms with Crippen LogP contribution in [0.4, 0.5) is 8.78 Å². The van der Waals surface area contributed by atoms with Crippen molar-refractivity contribution in [3.8, 4) is 0 Å². The Hall–Kier alpha value is -1.26. The summed E-state index contributed by atoms with van der Waals surface area (Å²) >= 11 is 3.01. The second-order valence-corrected chi connectivity index (χ2v) is 5.35. The van der Waals surface area contributed by atoms with Gasteiger partial charge in [0.05, 0.1) is 11.7 Å². The standard InChI is InChI=1S/C15H13BrF2O/c1-9-4-2-3-5-10(9)6-14(19)15-12(17)7-11(16)8-13(15)18/h2-5,7-8,14,19H,6H2,1H3. The lowest BCUT2D eigenvalue weighted by atomic mass is 9.97. The summed E-state index contributed by atoms with van der Waals surface area (Å²) in [5, 5.41) is 10.1. The van der Waals surface area contributed by atoms with Crippen molar-refractivity contribution in [3.05, 3.63) is 69.2 Å². The molecule has 0 amide bonds. The molecule has 4 heteroatoms. The molecule has 2 aromatic rings. The molecule has 0 radical (unpaired) electrons. The number of hydrogen-bond donors (Lipinski definition) is 1. The van der Waals surface area contributed by atoms with Crippen LogP contribution in [0.5, 0.6) is 0 Å². The Balaban J connectivity index is 2.31. The largest absolute Gasteiger partial charge is 0.388 e. The minimum atomic E-state index is -1.20. The first-order valence-corrected chi connectivity index (χ1v) is 6.65. The van der Waals surface area contributed by atoms with Crippen LogP contribution in [0.2, 0.25) is 0 Å². The molecule has 2 rings (SSSR count). The fourth-order valence-electron chi connectivity index (χ4n) is 2.02. The highest BCUT2D eigenvalue weighted by Gasteiger charge is 2.19. The van der Waals surface area contributed by atoms with Gasteiger partial charge in [0.1, 0.15) is 11.6 Å². The van der Waals surface area contributed by atoms with Gasteiger partial charge < -0.3 is 5.11 Å². The van der Waals surface area contributed by atoms with Crippen molar-refractivity contribution in [2.24, 2.45) is 0 Å². The lowest BCUT2D eigenvalue weighted by Crippen LogP contribution is -2.08. The van der Waals surface area contributed by atoms with Crippen LogP contribution in [0.15, 0.2) is 40.9 Å². The molecule has 2 aromatic carbocycles. The average Bonchev–Trinajstić information content (AvgIpc) is 2.30. The van der Waals surface area contributed by atoms with Crippen molar-refractivity contribution in [2.75, 3.05) is 0 Å². The van der Waals surface area contributed by atoms with Crippen molar-refractivity contribution in [1.82, 2.24) is 0 Å². The summed E-state index contributed by atoms with van der Waals surface area (Å²) in [5.74, 6) is -1.49. The zero-order chi connectivity index (χ0) is 14.0. The van der Waals surface area contributed by atoms with Gasteiger partial charge in [0.25, 0.3) is 0 Å². The monoisotopic (exact) mass is 326 g/mol. The lowest BCUT2D eigenvalue weighted by Gasteiger charge is -2.14. The predicted molar refractivity (Wildman–Crippen MR) is 73.9 cm³/mol. The minimum Gasteiger partial charge on any atom is -0.388 e. The average molecular weight is 327 g/mol. The highest BCUT2D eigenvalue weighted by atomic mass is 79.9. The molecule has 0 saturated heterocycles. The maximum Gasteiger partial charge on any atom is 0.133 e. The Kier molecular flexibility index (Phi) is 4.32. The first-order valence-electron chi connectivity index (χ1n) is 5.86. The number of hydrogen-bond acceptors (Lipinski definition) is 1. The zero-order valence-corrected chi connectivity index (χ0v) is 11.9. The lowest BCUT2D eigenvalue weighted by molar-refractivity contribution is 0.168. The minimum absolute atomic E-state index is 0.183. The van der Waals surface area contributed by atoms with E-state index in [4.69, 9.17) is 0 Å². The molecule has 0 aliphatic rings. The maximum atomic E-state index is 13.7. The predicted octanol–water partition coefficient (Wildman–Crippen LogP) is 4.31. The SMILES string of the molecule is Cc1ccccc1CC(O)c1c(F)cc(Br)cc1F. The van der Waals surface area contributed by atoms with E-state index in [0.29, 0.717) is 4.47 Å². The van der Waals surface area contributed by atoms with E-state index >= 15 is 0 Å². The highest BCUT2D eigenvalue weighted by molar-refractivity contribution is 9.10. The van der Waals surface area contributed by atoms with E-state index in [0.717, 1.165) is 23.3 Å². The number of rotatable bonds is 3. The van der Waals surface area contributed by atoms with Crippen molar-refractivity contribution in [1.29, 1.82) is 0 Å². The third-order valence-electron chi connectivity index (χ3n) is 3.05. The third kappa shape index (κ3) is 3.19. The van der Waals surface area contributed by atoms with E-state index in [1.54, 1.807) is 0 Å². The summed E-state index contributed by atoms with van der Waals surface area (Å²) in [6.45, 7) is 1.90. The molecule has 0 saturated carbocycles. The van der Waals surface area contributed by atoms with Crippen LogP contribution < -0.4 is 0 Å². The Labute approximate surface area is 119 Å². The van der Waals surface area contributed by atoms with Gasteiger partial charge in [-0.2, -0.15) is 0 Å². The molecule has 0 aromatic heterocycles. The van der Waals surface area contributed by atoms with Gasteiger partial charge in [-0.15, -0.1) is 0 Å².